The number of anilines is 3. The summed E-state index contributed by atoms with van der Waals surface area (Å²) in [6.45, 7) is 2.46. The van der Waals surface area contributed by atoms with E-state index in [1.165, 1.54) is 22.0 Å². The van der Waals surface area contributed by atoms with Gasteiger partial charge in [-0.05, 0) is 60.2 Å². The van der Waals surface area contributed by atoms with Crippen LogP contribution in [0.4, 0.5) is 17.5 Å². The highest BCUT2D eigenvalue weighted by atomic mass is 79.9. The lowest BCUT2D eigenvalue weighted by molar-refractivity contribution is -0.136. The number of Topliss-reactive ketones (excluding diaryl/α,β-unsaturated/α-hetero) is 1. The van der Waals surface area contributed by atoms with Crippen molar-refractivity contribution in [2.24, 2.45) is 7.05 Å². The van der Waals surface area contributed by atoms with Gasteiger partial charge in [0.2, 0.25) is 33.7 Å². The van der Waals surface area contributed by atoms with Crippen LogP contribution in [0.2, 0.25) is 0 Å². The molecule has 0 radical (unpaired) electrons. The standard InChI is InChI=1S/C39H49BrN10O9S/c1-24(51)34-28(23-43-48(34)2)45-35-27(40)22-42-39(47-35)44-25-15-18-49(19-16-25)60(57,58)21-17-41-31(52)12-7-5-3-4-6-8-20-59-30-11-9-10-26-33(30)38(56)50(37(26)55)29-13-14-32(53)46-36(29)54/h9-11,22-23,25,29H,3-8,12-21H2,1-2H3,(H,41,52)(H,46,53,54)(H2,42,44,45,47). The molecule has 60 heavy (non-hydrogen) atoms. The minimum Gasteiger partial charge on any atom is -0.493 e. The fourth-order valence-electron chi connectivity index (χ4n) is 7.48. The van der Waals surface area contributed by atoms with Gasteiger partial charge in [0, 0.05) is 58.7 Å². The van der Waals surface area contributed by atoms with Gasteiger partial charge < -0.3 is 20.7 Å². The van der Waals surface area contributed by atoms with Gasteiger partial charge in [-0.3, -0.25) is 43.7 Å². The fraction of sp³-hybridized carbons (Fsp3) is 0.513. The second-order valence-electron chi connectivity index (χ2n) is 14.9. The van der Waals surface area contributed by atoms with Crippen molar-refractivity contribution in [2.75, 3.05) is 42.6 Å². The first kappa shape index (κ1) is 44.3. The molecule has 19 nitrogen and oxygen atoms in total. The number of halogens is 1. The number of amides is 5. The van der Waals surface area contributed by atoms with Crippen LogP contribution in [0.1, 0.15) is 109 Å². The van der Waals surface area contributed by atoms with E-state index < -0.39 is 39.7 Å². The molecule has 0 spiro atoms. The molecule has 6 rings (SSSR count). The number of nitrogens with one attached hydrogen (secondary N) is 4. The van der Waals surface area contributed by atoms with Crippen LogP contribution in [0, 0.1) is 0 Å². The number of piperidine rings is 2. The number of unbranched alkanes of at least 4 members (excludes halogenated alkanes) is 5. The van der Waals surface area contributed by atoms with Crippen molar-refractivity contribution in [3.05, 3.63) is 51.9 Å². The molecule has 5 heterocycles. The van der Waals surface area contributed by atoms with Crippen LogP contribution < -0.4 is 26.0 Å². The normalized spacial score (nSPS) is 17.4. The quantitative estimate of drug-likeness (QED) is 0.0721. The first-order chi connectivity index (χ1) is 28.7. The highest BCUT2D eigenvalue weighted by Gasteiger charge is 2.46. The van der Waals surface area contributed by atoms with Crippen molar-refractivity contribution in [2.45, 2.75) is 89.6 Å². The zero-order valence-corrected chi connectivity index (χ0v) is 35.9. The van der Waals surface area contributed by atoms with Crippen molar-refractivity contribution in [1.82, 2.24) is 39.6 Å². The molecule has 0 aliphatic carbocycles. The summed E-state index contributed by atoms with van der Waals surface area (Å²) in [7, 11) is -1.89. The smallest absolute Gasteiger partial charge is 0.266 e. The monoisotopic (exact) mass is 912 g/mol. The lowest BCUT2D eigenvalue weighted by atomic mass is 10.0. The summed E-state index contributed by atoms with van der Waals surface area (Å²) >= 11 is 3.44. The summed E-state index contributed by atoms with van der Waals surface area (Å²) in [5.41, 5.74) is 1.22. The number of sulfonamides is 1. The van der Waals surface area contributed by atoms with E-state index in [4.69, 9.17) is 4.74 Å². The Hall–Kier alpha value is -5.28. The van der Waals surface area contributed by atoms with Crippen LogP contribution in [-0.2, 0) is 31.5 Å². The summed E-state index contributed by atoms with van der Waals surface area (Å²) in [5.74, 6) is -1.72. The fourth-order valence-corrected chi connectivity index (χ4v) is 9.15. The van der Waals surface area contributed by atoms with E-state index in [1.54, 1.807) is 31.6 Å². The van der Waals surface area contributed by atoms with Gasteiger partial charge in [-0.15, -0.1) is 0 Å². The highest BCUT2D eigenvalue weighted by Crippen LogP contribution is 2.34. The first-order valence-electron chi connectivity index (χ1n) is 20.0. The van der Waals surface area contributed by atoms with E-state index >= 15 is 0 Å². The number of carbonyl (C=O) groups excluding carboxylic acids is 6. The van der Waals surface area contributed by atoms with E-state index in [1.807, 2.05) is 0 Å². The molecule has 1 aromatic carbocycles. The maximum absolute atomic E-state index is 13.2. The maximum Gasteiger partial charge on any atom is 0.266 e. The number of ketones is 1. The highest BCUT2D eigenvalue weighted by molar-refractivity contribution is 9.10. The van der Waals surface area contributed by atoms with E-state index in [0.29, 0.717) is 79.4 Å². The van der Waals surface area contributed by atoms with Gasteiger partial charge >= 0.3 is 0 Å². The number of imide groups is 2. The molecule has 2 fully saturated rings. The number of hydrogen-bond donors (Lipinski definition) is 4. The van der Waals surface area contributed by atoms with Crippen LogP contribution in [0.3, 0.4) is 0 Å². The van der Waals surface area contributed by atoms with Crippen LogP contribution in [-0.4, -0.2) is 117 Å². The van der Waals surface area contributed by atoms with Gasteiger partial charge in [0.15, 0.2) is 5.78 Å². The molecule has 0 saturated carbocycles. The van der Waals surface area contributed by atoms with Gasteiger partial charge in [-0.25, -0.2) is 17.7 Å². The maximum atomic E-state index is 13.2. The van der Waals surface area contributed by atoms with Crippen molar-refractivity contribution in [3.63, 3.8) is 0 Å². The van der Waals surface area contributed by atoms with E-state index in [0.717, 1.165) is 30.6 Å². The third-order valence-corrected chi connectivity index (χ3v) is 13.1. The lowest BCUT2D eigenvalue weighted by Gasteiger charge is -2.31. The van der Waals surface area contributed by atoms with Crippen LogP contribution in [0.25, 0.3) is 0 Å². The molecule has 3 aromatic rings. The number of rotatable bonds is 20. The summed E-state index contributed by atoms with van der Waals surface area (Å²) in [5, 5.41) is 15.5. The second-order valence-corrected chi connectivity index (χ2v) is 17.9. The molecule has 5 amide bonds. The zero-order chi connectivity index (χ0) is 43.0. The Morgan fingerprint density at radius 3 is 2.45 bits per heavy atom. The third kappa shape index (κ3) is 10.7. The Labute approximate surface area is 355 Å². The number of fused-ring (bicyclic) bond motifs is 1. The number of aromatic nitrogens is 4. The van der Waals surface area contributed by atoms with E-state index in [2.05, 4.69) is 52.3 Å². The van der Waals surface area contributed by atoms with E-state index in [9.17, 15) is 37.2 Å². The van der Waals surface area contributed by atoms with Gasteiger partial charge in [0.25, 0.3) is 11.8 Å². The molecule has 1 unspecified atom stereocenters. The minimum absolute atomic E-state index is 0.0312. The van der Waals surface area contributed by atoms with Crippen LogP contribution in [0.5, 0.6) is 5.75 Å². The second kappa shape index (κ2) is 19.9. The lowest BCUT2D eigenvalue weighted by Crippen LogP contribution is -2.54. The summed E-state index contributed by atoms with van der Waals surface area (Å²) in [4.78, 5) is 84.4. The average Bonchev–Trinajstić information content (AvgIpc) is 3.70. The largest absolute Gasteiger partial charge is 0.493 e. The Kier molecular flexibility index (Phi) is 14.7. The van der Waals surface area contributed by atoms with Crippen LogP contribution in [0.15, 0.2) is 35.1 Å². The predicted octanol–water partition coefficient (Wildman–Crippen LogP) is 3.45. The number of carbonyl (C=O) groups is 6. The van der Waals surface area contributed by atoms with Gasteiger partial charge in [0.1, 0.15) is 23.3 Å². The number of hydrogen-bond acceptors (Lipinski definition) is 14. The molecular weight excluding hydrogens is 864 g/mol. The Morgan fingerprint density at radius 2 is 1.72 bits per heavy atom. The molecule has 21 heteroatoms. The number of nitrogens with zero attached hydrogens (tertiary/aromatic N) is 6. The Morgan fingerprint density at radius 1 is 0.983 bits per heavy atom. The van der Waals surface area contributed by atoms with E-state index in [-0.39, 0.29) is 59.7 Å². The molecule has 0 bridgehead atoms. The average molecular weight is 914 g/mol. The van der Waals surface area contributed by atoms with Gasteiger partial charge in [-0.2, -0.15) is 10.1 Å². The summed E-state index contributed by atoms with van der Waals surface area (Å²) in [6.07, 6.45) is 9.54. The van der Waals surface area contributed by atoms with Crippen molar-refractivity contribution in [3.8, 4) is 5.75 Å². The van der Waals surface area contributed by atoms with Gasteiger partial charge in [0.05, 0.1) is 39.8 Å². The van der Waals surface area contributed by atoms with Gasteiger partial charge in [-0.1, -0.05) is 31.7 Å². The van der Waals surface area contributed by atoms with Crippen molar-refractivity contribution >= 4 is 78.7 Å². The number of benzene rings is 1. The number of ether oxygens (including phenoxy) is 1. The first-order valence-corrected chi connectivity index (χ1v) is 22.4. The Bertz CT molecular complexity index is 2240. The SMILES string of the molecule is CC(=O)c1c(Nc2nc(NC3CCN(S(=O)(=O)CCNC(=O)CCCCCCCCOc4cccc5c4C(=O)N(C4CCC(=O)NC4=O)C5=O)CC3)ncc2Br)cnn1C. The molecule has 4 N–H and O–H groups in total. The molecule has 2 aromatic heterocycles. The Balaban J connectivity index is 0.820. The molecule has 3 aliphatic heterocycles. The number of aryl methyl sites for hydroxylation is 1. The van der Waals surface area contributed by atoms with Crippen LogP contribution >= 0.6 is 15.9 Å². The molecule has 322 valence electrons. The van der Waals surface area contributed by atoms with Crippen molar-refractivity contribution in [1.29, 1.82) is 0 Å². The minimum atomic E-state index is -3.57. The molecule has 3 aliphatic rings. The predicted molar refractivity (Wildman–Crippen MR) is 222 cm³/mol. The third-order valence-electron chi connectivity index (χ3n) is 10.6. The summed E-state index contributed by atoms with van der Waals surface area (Å²) in [6, 6.07) is 3.68. The van der Waals surface area contributed by atoms with Crippen molar-refractivity contribution < 1.29 is 41.9 Å². The zero-order valence-electron chi connectivity index (χ0n) is 33.5. The molecule has 1 atom stereocenters. The molecule has 2 saturated heterocycles. The molecular formula is C39H49BrN10O9S. The summed E-state index contributed by atoms with van der Waals surface area (Å²) < 4.78 is 35.5. The topological polar surface area (TPSA) is 244 Å².